The summed E-state index contributed by atoms with van der Waals surface area (Å²) in [6, 6.07) is 12.4. The highest BCUT2D eigenvalue weighted by molar-refractivity contribution is 6.33. The Kier molecular flexibility index (Phi) is 8.01. The average Bonchev–Trinajstić information content (AvgIpc) is 3.30. The van der Waals surface area contributed by atoms with Gasteiger partial charge in [-0.05, 0) is 82.4 Å². The fourth-order valence-corrected chi connectivity index (χ4v) is 6.20. The molecule has 2 aliphatic rings. The number of allylic oxidation sites excluding steroid dienone is 1. The van der Waals surface area contributed by atoms with Crippen molar-refractivity contribution in [1.29, 1.82) is 0 Å². The lowest BCUT2D eigenvalue weighted by molar-refractivity contribution is 0.235. The molecular weight excluding hydrogens is 431 g/mol. The molecule has 1 N–H and O–H groups in total. The van der Waals surface area contributed by atoms with Gasteiger partial charge in [-0.2, -0.15) is 0 Å². The van der Waals surface area contributed by atoms with Crippen LogP contribution < -0.4 is 5.32 Å². The van der Waals surface area contributed by atoms with Gasteiger partial charge in [-0.25, -0.2) is 4.39 Å². The van der Waals surface area contributed by atoms with E-state index in [1.165, 1.54) is 44.2 Å². The number of rotatable bonds is 8. The molecule has 0 aliphatic heterocycles. The molecule has 0 spiro atoms. The minimum atomic E-state index is -0.271. The maximum Gasteiger partial charge on any atom is 0.134 e. The topological polar surface area (TPSA) is 15.3 Å². The molecule has 0 bridgehead atoms. The van der Waals surface area contributed by atoms with Gasteiger partial charge in [-0.1, -0.05) is 60.9 Å². The van der Waals surface area contributed by atoms with E-state index in [-0.39, 0.29) is 5.82 Å². The highest BCUT2D eigenvalue weighted by Crippen LogP contribution is 2.36. The van der Waals surface area contributed by atoms with E-state index in [2.05, 4.69) is 23.7 Å². The quantitative estimate of drug-likeness (QED) is 0.417. The number of hydrogen-bond acceptors (Lipinski definition) is 2. The van der Waals surface area contributed by atoms with Crippen LogP contribution in [0.25, 0.3) is 11.1 Å². The van der Waals surface area contributed by atoms with Crippen LogP contribution in [0.4, 0.5) is 10.1 Å². The highest BCUT2D eigenvalue weighted by atomic mass is 35.5. The van der Waals surface area contributed by atoms with Gasteiger partial charge in [0.25, 0.3) is 0 Å². The summed E-state index contributed by atoms with van der Waals surface area (Å²) in [5, 5.41) is 4.01. The van der Waals surface area contributed by atoms with Crippen LogP contribution in [0.15, 0.2) is 48.7 Å². The molecule has 0 unspecified atom stereocenters. The third-order valence-corrected chi connectivity index (χ3v) is 7.90. The van der Waals surface area contributed by atoms with Gasteiger partial charge in [-0.15, -0.1) is 0 Å². The van der Waals surface area contributed by atoms with E-state index in [1.807, 2.05) is 37.3 Å². The molecule has 2 nitrogen and oxygen atoms in total. The van der Waals surface area contributed by atoms with Gasteiger partial charge < -0.3 is 10.2 Å². The normalized spacial score (nSPS) is 21.2. The first kappa shape index (κ1) is 24.1. The molecule has 2 saturated carbocycles. The summed E-state index contributed by atoms with van der Waals surface area (Å²) in [6.07, 6.45) is 11.1. The number of nitrogens with zero attached hydrogens (tertiary/aromatic N) is 1. The molecule has 178 valence electrons. The summed E-state index contributed by atoms with van der Waals surface area (Å²) in [5.74, 6) is 0.433. The van der Waals surface area contributed by atoms with Crippen molar-refractivity contribution in [3.8, 4) is 11.1 Å². The predicted octanol–water partition coefficient (Wildman–Crippen LogP) is 8.59. The van der Waals surface area contributed by atoms with Crippen LogP contribution in [0.1, 0.15) is 70.3 Å². The molecule has 0 amide bonds. The maximum atomic E-state index is 15.0. The number of nitrogens with one attached hydrogen (secondary N) is 1. The average molecular weight is 469 g/mol. The van der Waals surface area contributed by atoms with Crippen molar-refractivity contribution >= 4 is 17.3 Å². The lowest BCUT2D eigenvalue weighted by atomic mass is 9.83. The highest BCUT2D eigenvalue weighted by Gasteiger charge is 2.26. The molecule has 2 aromatic rings. The standard InChI is InChI=1S/C29H38ClFN2/c1-4-33(26-10-5-6-11-26)21(3)17-22-12-14-24(15-13-22)32-25-18-27(30)29(28(31)19-25)23-9-7-8-20(2)16-23/h7-9,16,18-19,22,24,26,32H,3-6,10-15,17H2,1-2H3. The summed E-state index contributed by atoms with van der Waals surface area (Å²) in [4.78, 5) is 2.57. The molecule has 2 aromatic carbocycles. The number of hydrogen-bond donors (Lipinski definition) is 1. The Balaban J connectivity index is 1.32. The van der Waals surface area contributed by atoms with Crippen molar-refractivity contribution in [3.63, 3.8) is 0 Å². The number of aryl methyl sites for hydroxylation is 1. The molecular formula is C29H38ClFN2. The summed E-state index contributed by atoms with van der Waals surface area (Å²) < 4.78 is 15.0. The van der Waals surface area contributed by atoms with Crippen LogP contribution >= 0.6 is 11.6 Å². The molecule has 0 heterocycles. The molecule has 0 radical (unpaired) electrons. The van der Waals surface area contributed by atoms with E-state index < -0.39 is 0 Å². The van der Waals surface area contributed by atoms with E-state index in [0.717, 1.165) is 42.6 Å². The SMILES string of the molecule is C=C(CC1CCC(Nc2cc(F)c(-c3cccc(C)c3)c(Cl)c2)CC1)N(CC)C1CCCC1. The van der Waals surface area contributed by atoms with E-state index >= 15 is 0 Å². The zero-order valence-corrected chi connectivity index (χ0v) is 20.9. The largest absolute Gasteiger partial charge is 0.382 e. The second kappa shape index (κ2) is 11.0. The summed E-state index contributed by atoms with van der Waals surface area (Å²) in [6.45, 7) is 9.81. The van der Waals surface area contributed by atoms with Crippen LogP contribution in [0.5, 0.6) is 0 Å². The van der Waals surface area contributed by atoms with E-state index in [4.69, 9.17) is 11.6 Å². The van der Waals surface area contributed by atoms with Gasteiger partial charge in [0.15, 0.2) is 0 Å². The van der Waals surface area contributed by atoms with Crippen molar-refractivity contribution in [2.45, 2.75) is 83.7 Å². The van der Waals surface area contributed by atoms with Crippen LogP contribution in [0, 0.1) is 18.7 Å². The molecule has 0 saturated heterocycles. The summed E-state index contributed by atoms with van der Waals surface area (Å²) in [5.41, 5.74) is 4.51. The van der Waals surface area contributed by atoms with E-state index in [0.29, 0.717) is 28.6 Å². The molecule has 2 aliphatic carbocycles. The van der Waals surface area contributed by atoms with Crippen molar-refractivity contribution < 1.29 is 4.39 Å². The fraction of sp³-hybridized carbons (Fsp3) is 0.517. The van der Waals surface area contributed by atoms with Gasteiger partial charge in [0, 0.05) is 35.6 Å². The fourth-order valence-electron chi connectivity index (χ4n) is 5.89. The van der Waals surface area contributed by atoms with Crippen molar-refractivity contribution in [2.75, 3.05) is 11.9 Å². The van der Waals surface area contributed by atoms with Gasteiger partial charge in [0.2, 0.25) is 0 Å². The predicted molar refractivity (Wildman–Crippen MR) is 139 cm³/mol. The minimum absolute atomic E-state index is 0.271. The molecule has 4 heteroatoms. The van der Waals surface area contributed by atoms with Gasteiger partial charge >= 0.3 is 0 Å². The van der Waals surface area contributed by atoms with Crippen LogP contribution in [-0.4, -0.2) is 23.5 Å². The smallest absolute Gasteiger partial charge is 0.134 e. The Morgan fingerprint density at radius 3 is 2.45 bits per heavy atom. The Morgan fingerprint density at radius 2 is 1.82 bits per heavy atom. The third-order valence-electron chi connectivity index (χ3n) is 7.60. The van der Waals surface area contributed by atoms with Crippen LogP contribution in [-0.2, 0) is 0 Å². The molecule has 4 rings (SSSR count). The van der Waals surface area contributed by atoms with Crippen LogP contribution in [0.3, 0.4) is 0 Å². The Labute approximate surface area is 204 Å². The van der Waals surface area contributed by atoms with Crippen molar-refractivity contribution in [3.05, 3.63) is 65.1 Å². The first-order chi connectivity index (χ1) is 15.9. The lowest BCUT2D eigenvalue weighted by Crippen LogP contribution is -2.33. The monoisotopic (exact) mass is 468 g/mol. The van der Waals surface area contributed by atoms with E-state index in [9.17, 15) is 4.39 Å². The van der Waals surface area contributed by atoms with E-state index in [1.54, 1.807) is 6.07 Å². The lowest BCUT2D eigenvalue weighted by Gasteiger charge is -2.35. The van der Waals surface area contributed by atoms with Crippen molar-refractivity contribution in [1.82, 2.24) is 4.90 Å². The molecule has 33 heavy (non-hydrogen) atoms. The Bertz CT molecular complexity index is 935. The van der Waals surface area contributed by atoms with Crippen LogP contribution in [0.2, 0.25) is 5.02 Å². The summed E-state index contributed by atoms with van der Waals surface area (Å²) in [7, 11) is 0. The number of anilines is 1. The van der Waals surface area contributed by atoms with Crippen molar-refractivity contribution in [2.24, 2.45) is 5.92 Å². The Hall–Kier alpha value is -2.00. The molecule has 0 atom stereocenters. The summed E-state index contributed by atoms with van der Waals surface area (Å²) >= 11 is 6.52. The number of benzene rings is 2. The zero-order valence-electron chi connectivity index (χ0n) is 20.2. The molecule has 2 fully saturated rings. The molecule has 0 aromatic heterocycles. The first-order valence-corrected chi connectivity index (χ1v) is 13.1. The second-order valence-corrected chi connectivity index (χ2v) is 10.4. The van der Waals surface area contributed by atoms with Gasteiger partial charge in [-0.3, -0.25) is 0 Å². The Morgan fingerprint density at radius 1 is 1.09 bits per heavy atom. The minimum Gasteiger partial charge on any atom is -0.382 e. The van der Waals surface area contributed by atoms with Gasteiger partial charge in [0.05, 0.1) is 5.02 Å². The first-order valence-electron chi connectivity index (χ1n) is 12.7. The third kappa shape index (κ3) is 5.93. The maximum absolute atomic E-state index is 15.0. The number of halogens is 2. The van der Waals surface area contributed by atoms with Gasteiger partial charge in [0.1, 0.15) is 5.82 Å². The second-order valence-electron chi connectivity index (χ2n) is 10.0. The zero-order chi connectivity index (χ0) is 23.4.